The first kappa shape index (κ1) is 14.6. The van der Waals surface area contributed by atoms with E-state index in [-0.39, 0.29) is 11.7 Å². The maximum absolute atomic E-state index is 12.4. The number of nitrogens with one attached hydrogen (secondary N) is 1. The predicted octanol–water partition coefficient (Wildman–Crippen LogP) is -0.403. The number of rotatable bonds is 4. The molecular formula is C12H14N4O5. The number of nitrogens with zero attached hydrogens (tertiary/aromatic N) is 3. The number of aromatic hydroxyl groups is 1. The molecule has 2 heterocycles. The van der Waals surface area contributed by atoms with E-state index in [1.54, 1.807) is 13.8 Å². The number of hydrogen-bond acceptors (Lipinski definition) is 5. The molecule has 0 aliphatic heterocycles. The van der Waals surface area contributed by atoms with Crippen molar-refractivity contribution in [3.63, 3.8) is 0 Å². The molecule has 0 unspecified atom stereocenters. The van der Waals surface area contributed by atoms with Gasteiger partial charge in [0.05, 0.1) is 0 Å². The Kier molecular flexibility index (Phi) is 3.66. The normalized spacial score (nSPS) is 11.0. The SMILES string of the molecule is CC(C)n1c(=O)c(C(=O)NCC(=O)O)c(O)c2nccn21. The lowest BCUT2D eigenvalue weighted by Crippen LogP contribution is -2.38. The molecule has 0 saturated carbocycles. The maximum Gasteiger partial charge on any atom is 0.322 e. The predicted molar refractivity (Wildman–Crippen MR) is 71.5 cm³/mol. The molecule has 0 saturated heterocycles. The summed E-state index contributed by atoms with van der Waals surface area (Å²) in [6.07, 6.45) is 2.86. The van der Waals surface area contributed by atoms with E-state index in [0.717, 1.165) is 0 Å². The zero-order valence-electron chi connectivity index (χ0n) is 11.4. The van der Waals surface area contributed by atoms with Crippen LogP contribution in [-0.4, -0.2) is 42.8 Å². The molecule has 112 valence electrons. The highest BCUT2D eigenvalue weighted by Crippen LogP contribution is 2.20. The third kappa shape index (κ3) is 2.45. The Morgan fingerprint density at radius 1 is 1.43 bits per heavy atom. The number of hydrogen-bond donors (Lipinski definition) is 3. The molecule has 0 atom stereocenters. The van der Waals surface area contributed by atoms with Crippen molar-refractivity contribution in [3.05, 3.63) is 28.3 Å². The van der Waals surface area contributed by atoms with E-state index < -0.39 is 35.3 Å². The molecule has 2 aromatic rings. The quantitative estimate of drug-likeness (QED) is 0.704. The maximum atomic E-state index is 12.4. The smallest absolute Gasteiger partial charge is 0.322 e. The molecule has 0 aromatic carbocycles. The van der Waals surface area contributed by atoms with Gasteiger partial charge in [-0.15, -0.1) is 0 Å². The number of aliphatic carboxylic acids is 1. The number of carbonyl (C=O) groups excluding carboxylic acids is 1. The van der Waals surface area contributed by atoms with Gasteiger partial charge in [0, 0.05) is 18.4 Å². The fraction of sp³-hybridized carbons (Fsp3) is 0.333. The molecule has 2 rings (SSSR count). The number of fused-ring (bicyclic) bond motifs is 1. The minimum absolute atomic E-state index is 0.0452. The Labute approximate surface area is 118 Å². The Balaban J connectivity index is 2.66. The molecule has 3 N–H and O–H groups in total. The van der Waals surface area contributed by atoms with Crippen LogP contribution in [0.5, 0.6) is 5.75 Å². The van der Waals surface area contributed by atoms with Gasteiger partial charge in [0.15, 0.2) is 17.0 Å². The van der Waals surface area contributed by atoms with Gasteiger partial charge in [-0.2, -0.15) is 0 Å². The van der Waals surface area contributed by atoms with Gasteiger partial charge in [-0.05, 0) is 13.8 Å². The first-order valence-electron chi connectivity index (χ1n) is 6.15. The van der Waals surface area contributed by atoms with Gasteiger partial charge in [-0.25, -0.2) is 14.2 Å². The molecule has 9 nitrogen and oxygen atoms in total. The summed E-state index contributed by atoms with van der Waals surface area (Å²) in [6, 6.07) is -0.291. The van der Waals surface area contributed by atoms with E-state index in [4.69, 9.17) is 5.11 Å². The summed E-state index contributed by atoms with van der Waals surface area (Å²) in [4.78, 5) is 38.7. The molecule has 9 heteroatoms. The zero-order chi connectivity index (χ0) is 15.7. The summed E-state index contributed by atoms with van der Waals surface area (Å²) in [6.45, 7) is 2.81. The van der Waals surface area contributed by atoms with E-state index in [1.165, 1.54) is 21.6 Å². The summed E-state index contributed by atoms with van der Waals surface area (Å²) in [5.74, 6) is -2.79. The van der Waals surface area contributed by atoms with Crippen molar-refractivity contribution in [1.82, 2.24) is 19.5 Å². The van der Waals surface area contributed by atoms with Crippen molar-refractivity contribution < 1.29 is 19.8 Å². The Hall–Kier alpha value is -2.84. The summed E-state index contributed by atoms with van der Waals surface area (Å²) < 4.78 is 2.59. The van der Waals surface area contributed by atoms with Crippen LogP contribution in [0.1, 0.15) is 30.2 Å². The van der Waals surface area contributed by atoms with Crippen molar-refractivity contribution in [2.24, 2.45) is 0 Å². The third-order valence-corrected chi connectivity index (χ3v) is 2.84. The molecule has 2 aromatic heterocycles. The van der Waals surface area contributed by atoms with Crippen LogP contribution < -0.4 is 10.9 Å². The van der Waals surface area contributed by atoms with Gasteiger partial charge in [0.2, 0.25) is 0 Å². The van der Waals surface area contributed by atoms with Crippen LogP contribution in [0.15, 0.2) is 17.2 Å². The van der Waals surface area contributed by atoms with Gasteiger partial charge in [0.25, 0.3) is 11.5 Å². The second-order valence-electron chi connectivity index (χ2n) is 4.64. The lowest BCUT2D eigenvalue weighted by Gasteiger charge is -2.15. The minimum atomic E-state index is -1.26. The van der Waals surface area contributed by atoms with Crippen LogP contribution in [0, 0.1) is 0 Å². The summed E-state index contributed by atoms with van der Waals surface area (Å²) in [5.41, 5.74) is -1.21. The van der Waals surface area contributed by atoms with Crippen molar-refractivity contribution >= 4 is 17.5 Å². The van der Waals surface area contributed by atoms with E-state index in [9.17, 15) is 19.5 Å². The highest BCUT2D eigenvalue weighted by atomic mass is 16.4. The summed E-state index contributed by atoms with van der Waals surface area (Å²) in [5, 5.41) is 20.7. The van der Waals surface area contributed by atoms with Crippen LogP contribution in [-0.2, 0) is 4.79 Å². The first-order chi connectivity index (χ1) is 9.84. The summed E-state index contributed by atoms with van der Waals surface area (Å²) in [7, 11) is 0. The standard InChI is InChI=1S/C12H14N4O5/c1-6(2)16-12(21)8(11(20)14-5-7(17)18)9(19)10-13-3-4-15(10)16/h3-4,6,19H,5H2,1-2H3,(H,14,20)(H,17,18). The molecule has 21 heavy (non-hydrogen) atoms. The van der Waals surface area contributed by atoms with E-state index >= 15 is 0 Å². The highest BCUT2D eigenvalue weighted by molar-refractivity contribution is 5.99. The lowest BCUT2D eigenvalue weighted by molar-refractivity contribution is -0.135. The van der Waals surface area contributed by atoms with Gasteiger partial charge >= 0.3 is 5.97 Å². The first-order valence-corrected chi connectivity index (χ1v) is 6.15. The topological polar surface area (TPSA) is 126 Å². The molecule has 0 spiro atoms. The lowest BCUT2D eigenvalue weighted by atomic mass is 10.2. The number of amides is 1. The van der Waals surface area contributed by atoms with Crippen molar-refractivity contribution in [2.75, 3.05) is 6.54 Å². The molecule has 0 fully saturated rings. The molecule has 0 radical (unpaired) electrons. The Morgan fingerprint density at radius 3 is 2.67 bits per heavy atom. The van der Waals surface area contributed by atoms with E-state index in [2.05, 4.69) is 10.3 Å². The third-order valence-electron chi connectivity index (χ3n) is 2.84. The van der Waals surface area contributed by atoms with Gasteiger partial charge in [-0.3, -0.25) is 14.4 Å². The Bertz CT molecular complexity index is 774. The van der Waals surface area contributed by atoms with Gasteiger partial charge < -0.3 is 15.5 Å². The largest absolute Gasteiger partial charge is 0.504 e. The fourth-order valence-corrected chi connectivity index (χ4v) is 2.00. The highest BCUT2D eigenvalue weighted by Gasteiger charge is 2.24. The van der Waals surface area contributed by atoms with Crippen LogP contribution >= 0.6 is 0 Å². The van der Waals surface area contributed by atoms with Crippen molar-refractivity contribution in [2.45, 2.75) is 19.9 Å². The van der Waals surface area contributed by atoms with Crippen LogP contribution in [0.25, 0.3) is 5.65 Å². The second-order valence-corrected chi connectivity index (χ2v) is 4.64. The van der Waals surface area contributed by atoms with E-state index in [0.29, 0.717) is 0 Å². The average Bonchev–Trinajstić information content (AvgIpc) is 2.85. The molecule has 0 aliphatic carbocycles. The number of aromatic nitrogens is 3. The van der Waals surface area contributed by atoms with Gasteiger partial charge in [-0.1, -0.05) is 0 Å². The van der Waals surface area contributed by atoms with Crippen molar-refractivity contribution in [1.29, 1.82) is 0 Å². The number of imidazole rings is 1. The summed E-state index contributed by atoms with van der Waals surface area (Å²) >= 11 is 0. The second kappa shape index (κ2) is 5.27. The van der Waals surface area contributed by atoms with Crippen molar-refractivity contribution in [3.8, 4) is 5.75 Å². The zero-order valence-corrected chi connectivity index (χ0v) is 11.4. The number of carbonyl (C=O) groups is 2. The molecular weight excluding hydrogens is 280 g/mol. The number of carboxylic acids is 1. The minimum Gasteiger partial charge on any atom is -0.504 e. The Morgan fingerprint density at radius 2 is 2.10 bits per heavy atom. The fourth-order valence-electron chi connectivity index (χ4n) is 2.00. The number of carboxylic acid groups (broad SMARTS) is 1. The van der Waals surface area contributed by atoms with Crippen LogP contribution in [0.2, 0.25) is 0 Å². The monoisotopic (exact) mass is 294 g/mol. The van der Waals surface area contributed by atoms with E-state index in [1.807, 2.05) is 0 Å². The molecule has 0 bridgehead atoms. The van der Waals surface area contributed by atoms with Crippen LogP contribution in [0.3, 0.4) is 0 Å². The average molecular weight is 294 g/mol. The van der Waals surface area contributed by atoms with Gasteiger partial charge in [0.1, 0.15) is 6.54 Å². The van der Waals surface area contributed by atoms with Crippen LogP contribution in [0.4, 0.5) is 0 Å². The molecule has 1 amide bonds. The molecule has 0 aliphatic rings.